The van der Waals surface area contributed by atoms with Crippen molar-refractivity contribution in [2.24, 2.45) is 0 Å². The summed E-state index contributed by atoms with van der Waals surface area (Å²) in [6, 6.07) is 9.15. The van der Waals surface area contributed by atoms with Gasteiger partial charge in [-0.2, -0.15) is 0 Å². The number of hydrogen-bond donors (Lipinski definition) is 0. The minimum Gasteiger partial charge on any atom is -0.372 e. The van der Waals surface area contributed by atoms with E-state index in [0.29, 0.717) is 5.92 Å². The van der Waals surface area contributed by atoms with Crippen LogP contribution in [0.1, 0.15) is 64.9 Å². The van der Waals surface area contributed by atoms with Crippen LogP contribution < -0.4 is 4.90 Å². The summed E-state index contributed by atoms with van der Waals surface area (Å²) in [4.78, 5) is 2.54. The molecule has 1 aromatic rings. The van der Waals surface area contributed by atoms with Gasteiger partial charge in [0.2, 0.25) is 0 Å². The number of unbranched alkanes of at least 4 members (excludes halogenated alkanes) is 2. The van der Waals surface area contributed by atoms with Crippen LogP contribution in [0.25, 0.3) is 0 Å². The summed E-state index contributed by atoms with van der Waals surface area (Å²) in [5.74, 6) is 0.624. The maximum absolute atomic E-state index is 2.54. The highest BCUT2D eigenvalue weighted by atomic mass is 15.1. The predicted molar refractivity (Wildman–Crippen MR) is 82.6 cm³/mol. The average molecular weight is 247 g/mol. The molecule has 102 valence electrons. The third-order valence-corrected chi connectivity index (χ3v) is 3.49. The van der Waals surface area contributed by atoms with Gasteiger partial charge in [0.25, 0.3) is 0 Å². The van der Waals surface area contributed by atoms with Crippen molar-refractivity contribution in [2.45, 2.75) is 59.3 Å². The molecule has 0 N–H and O–H groups in total. The largest absolute Gasteiger partial charge is 0.372 e. The number of nitrogens with zero attached hydrogens (tertiary/aromatic N) is 1. The summed E-state index contributed by atoms with van der Waals surface area (Å²) in [6.07, 6.45) is 5.12. The Kier molecular flexibility index (Phi) is 6.85. The topological polar surface area (TPSA) is 3.24 Å². The van der Waals surface area contributed by atoms with Crippen molar-refractivity contribution in [1.29, 1.82) is 0 Å². The van der Waals surface area contributed by atoms with Crippen LogP contribution in [0.15, 0.2) is 24.3 Å². The van der Waals surface area contributed by atoms with E-state index in [4.69, 9.17) is 0 Å². The maximum Gasteiger partial charge on any atom is 0.0366 e. The lowest BCUT2D eigenvalue weighted by Gasteiger charge is -2.25. The van der Waals surface area contributed by atoms with Crippen molar-refractivity contribution in [3.63, 3.8) is 0 Å². The lowest BCUT2D eigenvalue weighted by molar-refractivity contribution is 0.678. The molecule has 0 radical (unpaired) electrons. The van der Waals surface area contributed by atoms with E-state index < -0.39 is 0 Å². The molecule has 0 aliphatic rings. The van der Waals surface area contributed by atoms with Gasteiger partial charge < -0.3 is 4.90 Å². The van der Waals surface area contributed by atoms with Crippen LogP contribution >= 0.6 is 0 Å². The van der Waals surface area contributed by atoms with Gasteiger partial charge in [-0.05, 0) is 36.5 Å². The molecule has 18 heavy (non-hydrogen) atoms. The Morgan fingerprint density at radius 2 is 1.39 bits per heavy atom. The van der Waals surface area contributed by atoms with Gasteiger partial charge in [0.05, 0.1) is 0 Å². The normalized spacial score (nSPS) is 10.9. The molecule has 1 rings (SSSR count). The van der Waals surface area contributed by atoms with Crippen LogP contribution in [-0.2, 0) is 0 Å². The quantitative estimate of drug-likeness (QED) is 0.609. The van der Waals surface area contributed by atoms with Gasteiger partial charge in [-0.1, -0.05) is 52.7 Å². The molecule has 0 fully saturated rings. The van der Waals surface area contributed by atoms with Crippen LogP contribution in [0, 0.1) is 0 Å². The van der Waals surface area contributed by atoms with E-state index in [2.05, 4.69) is 56.9 Å². The summed E-state index contributed by atoms with van der Waals surface area (Å²) < 4.78 is 0. The fourth-order valence-electron chi connectivity index (χ4n) is 2.14. The number of benzene rings is 1. The molecule has 0 aliphatic carbocycles. The Labute approximate surface area is 113 Å². The molecule has 0 saturated heterocycles. The van der Waals surface area contributed by atoms with Gasteiger partial charge in [-0.15, -0.1) is 0 Å². The molecular formula is C17H29N. The zero-order valence-corrected chi connectivity index (χ0v) is 12.6. The summed E-state index contributed by atoms with van der Waals surface area (Å²) >= 11 is 0. The van der Waals surface area contributed by atoms with Crippen LogP contribution in [0.3, 0.4) is 0 Å². The highest BCUT2D eigenvalue weighted by Crippen LogP contribution is 2.21. The standard InChI is InChI=1S/C17H29N/c1-5-7-13-18(14-8-6-2)17-11-9-16(10-12-17)15(3)4/h9-12,15H,5-8,13-14H2,1-4H3. The molecule has 1 nitrogen and oxygen atoms in total. The Morgan fingerprint density at radius 3 is 1.78 bits per heavy atom. The molecule has 0 unspecified atom stereocenters. The molecule has 0 saturated carbocycles. The smallest absolute Gasteiger partial charge is 0.0366 e. The second kappa shape index (κ2) is 8.18. The van der Waals surface area contributed by atoms with Crippen molar-refractivity contribution in [2.75, 3.05) is 18.0 Å². The monoisotopic (exact) mass is 247 g/mol. The molecule has 1 heteroatoms. The molecule has 0 amide bonds. The van der Waals surface area contributed by atoms with Crippen LogP contribution in [0.2, 0.25) is 0 Å². The van der Waals surface area contributed by atoms with Crippen LogP contribution in [0.4, 0.5) is 5.69 Å². The van der Waals surface area contributed by atoms with Gasteiger partial charge in [-0.3, -0.25) is 0 Å². The van der Waals surface area contributed by atoms with E-state index in [1.807, 2.05) is 0 Å². The van der Waals surface area contributed by atoms with Crippen molar-refractivity contribution in [3.05, 3.63) is 29.8 Å². The van der Waals surface area contributed by atoms with E-state index in [9.17, 15) is 0 Å². The Hall–Kier alpha value is -0.980. The molecular weight excluding hydrogens is 218 g/mol. The Balaban J connectivity index is 2.70. The highest BCUT2D eigenvalue weighted by molar-refractivity contribution is 5.48. The predicted octanol–water partition coefficient (Wildman–Crippen LogP) is 5.22. The molecule has 0 spiro atoms. The molecule has 0 aromatic heterocycles. The van der Waals surface area contributed by atoms with Gasteiger partial charge in [0, 0.05) is 18.8 Å². The van der Waals surface area contributed by atoms with Gasteiger partial charge in [0.1, 0.15) is 0 Å². The fourth-order valence-corrected chi connectivity index (χ4v) is 2.14. The molecule has 1 aromatic carbocycles. The van der Waals surface area contributed by atoms with E-state index in [1.165, 1.54) is 50.0 Å². The second-order valence-electron chi connectivity index (χ2n) is 5.44. The molecule has 0 heterocycles. The molecule has 0 atom stereocenters. The average Bonchev–Trinajstić information content (AvgIpc) is 2.39. The number of anilines is 1. The number of hydrogen-bond acceptors (Lipinski definition) is 1. The van der Waals surface area contributed by atoms with Crippen LogP contribution in [-0.4, -0.2) is 13.1 Å². The van der Waals surface area contributed by atoms with Crippen LogP contribution in [0.5, 0.6) is 0 Å². The van der Waals surface area contributed by atoms with E-state index >= 15 is 0 Å². The van der Waals surface area contributed by atoms with Gasteiger partial charge in [0.15, 0.2) is 0 Å². The summed E-state index contributed by atoms with van der Waals surface area (Å²) in [5, 5.41) is 0. The van der Waals surface area contributed by atoms with Gasteiger partial charge >= 0.3 is 0 Å². The first-order valence-electron chi connectivity index (χ1n) is 7.54. The first kappa shape index (κ1) is 15.1. The van der Waals surface area contributed by atoms with E-state index in [1.54, 1.807) is 0 Å². The molecule has 0 bridgehead atoms. The SMILES string of the molecule is CCCCN(CCCC)c1ccc(C(C)C)cc1. The minimum atomic E-state index is 0.624. The zero-order chi connectivity index (χ0) is 13.4. The van der Waals surface area contributed by atoms with Crippen molar-refractivity contribution in [3.8, 4) is 0 Å². The first-order valence-corrected chi connectivity index (χ1v) is 7.54. The van der Waals surface area contributed by atoms with Crippen molar-refractivity contribution < 1.29 is 0 Å². The highest BCUT2D eigenvalue weighted by Gasteiger charge is 2.06. The lowest BCUT2D eigenvalue weighted by atomic mass is 10.0. The summed E-state index contributed by atoms with van der Waals surface area (Å²) in [5.41, 5.74) is 2.82. The lowest BCUT2D eigenvalue weighted by Crippen LogP contribution is -2.25. The van der Waals surface area contributed by atoms with Crippen molar-refractivity contribution >= 4 is 5.69 Å². The van der Waals surface area contributed by atoms with E-state index in [0.717, 1.165) is 0 Å². The summed E-state index contributed by atoms with van der Waals surface area (Å²) in [7, 11) is 0. The van der Waals surface area contributed by atoms with E-state index in [-0.39, 0.29) is 0 Å². The Bertz CT molecular complexity index is 305. The molecule has 0 aliphatic heterocycles. The zero-order valence-electron chi connectivity index (χ0n) is 12.6. The summed E-state index contributed by atoms with van der Waals surface area (Å²) in [6.45, 7) is 11.4. The fraction of sp³-hybridized carbons (Fsp3) is 0.647. The second-order valence-corrected chi connectivity index (χ2v) is 5.44. The Morgan fingerprint density at radius 1 is 0.889 bits per heavy atom. The third-order valence-electron chi connectivity index (χ3n) is 3.49. The first-order chi connectivity index (χ1) is 8.69. The maximum atomic E-state index is 2.54. The van der Waals surface area contributed by atoms with Crippen molar-refractivity contribution in [1.82, 2.24) is 0 Å². The van der Waals surface area contributed by atoms with Gasteiger partial charge in [-0.25, -0.2) is 0 Å². The third kappa shape index (κ3) is 4.72. The number of rotatable bonds is 8. The minimum absolute atomic E-state index is 0.624.